The van der Waals surface area contributed by atoms with Gasteiger partial charge in [-0.05, 0) is 54.8 Å². The van der Waals surface area contributed by atoms with E-state index in [1.165, 1.54) is 23.0 Å². The van der Waals surface area contributed by atoms with Crippen molar-refractivity contribution in [3.8, 4) is 11.1 Å². The predicted octanol–water partition coefficient (Wildman–Crippen LogP) is 3.92. The maximum Gasteiger partial charge on any atom is 0.289 e. The minimum absolute atomic E-state index is 0.0438. The number of pyridine rings is 1. The maximum absolute atomic E-state index is 12.4. The molecule has 0 radical (unpaired) electrons. The Hall–Kier alpha value is -3.08. The van der Waals surface area contributed by atoms with Gasteiger partial charge in [0.2, 0.25) is 0 Å². The van der Waals surface area contributed by atoms with Crippen molar-refractivity contribution in [2.24, 2.45) is 0 Å². The van der Waals surface area contributed by atoms with E-state index in [4.69, 9.17) is 4.42 Å². The summed E-state index contributed by atoms with van der Waals surface area (Å²) in [5, 5.41) is 0. The molecule has 4 rings (SSSR count). The number of aryl methyl sites for hydroxylation is 2. The highest BCUT2D eigenvalue weighted by Gasteiger charge is 2.24. The minimum atomic E-state index is -0.0438. The SMILES string of the molecule is Cc1ccc(-c2ccc(N3CCN(C(=O)c4ccco4)CC3)nc2)cc1C. The molecule has 5 nitrogen and oxygen atoms in total. The van der Waals surface area contributed by atoms with E-state index in [1.807, 2.05) is 11.1 Å². The molecule has 0 atom stereocenters. The van der Waals surface area contributed by atoms with Crippen LogP contribution in [0.1, 0.15) is 21.7 Å². The van der Waals surface area contributed by atoms with E-state index in [2.05, 4.69) is 54.1 Å². The average molecular weight is 361 g/mol. The molecule has 0 aliphatic carbocycles. The fourth-order valence-electron chi connectivity index (χ4n) is 3.36. The zero-order valence-electron chi connectivity index (χ0n) is 15.7. The molecule has 0 unspecified atom stereocenters. The first-order chi connectivity index (χ1) is 13.1. The second-order valence-corrected chi connectivity index (χ2v) is 6.96. The Kier molecular flexibility index (Phi) is 4.67. The van der Waals surface area contributed by atoms with E-state index in [9.17, 15) is 4.79 Å². The zero-order valence-corrected chi connectivity index (χ0v) is 15.7. The highest BCUT2D eigenvalue weighted by atomic mass is 16.3. The van der Waals surface area contributed by atoms with Gasteiger partial charge >= 0.3 is 0 Å². The van der Waals surface area contributed by atoms with Crippen molar-refractivity contribution in [1.82, 2.24) is 9.88 Å². The normalized spacial score (nSPS) is 14.4. The molecule has 1 amide bonds. The molecule has 1 aliphatic rings. The number of amides is 1. The van der Waals surface area contributed by atoms with E-state index in [1.54, 1.807) is 12.1 Å². The third kappa shape index (κ3) is 3.58. The summed E-state index contributed by atoms with van der Waals surface area (Å²) in [5.41, 5.74) is 4.89. The van der Waals surface area contributed by atoms with Crippen LogP contribution in [0.15, 0.2) is 59.3 Å². The monoisotopic (exact) mass is 361 g/mol. The Balaban J connectivity index is 1.41. The van der Waals surface area contributed by atoms with Crippen LogP contribution in [-0.2, 0) is 0 Å². The van der Waals surface area contributed by atoms with Gasteiger partial charge in [-0.25, -0.2) is 4.98 Å². The summed E-state index contributed by atoms with van der Waals surface area (Å²) in [6.07, 6.45) is 3.46. The Labute approximate surface area is 159 Å². The third-order valence-electron chi connectivity index (χ3n) is 5.21. The lowest BCUT2D eigenvalue weighted by Gasteiger charge is -2.35. The lowest BCUT2D eigenvalue weighted by molar-refractivity contribution is 0.0714. The number of hydrogen-bond donors (Lipinski definition) is 0. The van der Waals surface area contributed by atoms with E-state index in [0.717, 1.165) is 24.5 Å². The molecule has 27 heavy (non-hydrogen) atoms. The summed E-state index contributed by atoms with van der Waals surface area (Å²) < 4.78 is 5.21. The molecule has 0 spiro atoms. The number of furan rings is 1. The van der Waals surface area contributed by atoms with E-state index in [0.29, 0.717) is 18.8 Å². The van der Waals surface area contributed by atoms with Crippen LogP contribution in [0, 0.1) is 13.8 Å². The van der Waals surface area contributed by atoms with Crippen LogP contribution in [0.3, 0.4) is 0 Å². The predicted molar refractivity (Wildman–Crippen MR) is 106 cm³/mol. The molecule has 0 saturated carbocycles. The van der Waals surface area contributed by atoms with Crippen molar-refractivity contribution in [3.05, 3.63) is 71.8 Å². The molecule has 0 N–H and O–H groups in total. The molecule has 1 saturated heterocycles. The summed E-state index contributed by atoms with van der Waals surface area (Å²) in [5.74, 6) is 1.31. The molecule has 2 aromatic heterocycles. The van der Waals surface area contributed by atoms with Crippen molar-refractivity contribution in [3.63, 3.8) is 0 Å². The van der Waals surface area contributed by atoms with Gasteiger partial charge in [0.05, 0.1) is 6.26 Å². The molecular formula is C22H23N3O2. The van der Waals surface area contributed by atoms with Gasteiger partial charge in [0.25, 0.3) is 5.91 Å². The summed E-state index contributed by atoms with van der Waals surface area (Å²) in [6.45, 7) is 7.12. The number of carbonyl (C=O) groups excluding carboxylic acids is 1. The van der Waals surface area contributed by atoms with E-state index >= 15 is 0 Å². The summed E-state index contributed by atoms with van der Waals surface area (Å²) in [4.78, 5) is 21.1. The highest BCUT2D eigenvalue weighted by Crippen LogP contribution is 2.24. The van der Waals surface area contributed by atoms with Crippen molar-refractivity contribution in [2.45, 2.75) is 13.8 Å². The largest absolute Gasteiger partial charge is 0.459 e. The van der Waals surface area contributed by atoms with Gasteiger partial charge in [-0.15, -0.1) is 0 Å². The molecule has 1 aromatic carbocycles. The second kappa shape index (κ2) is 7.27. The van der Waals surface area contributed by atoms with Gasteiger partial charge in [0.15, 0.2) is 5.76 Å². The quantitative estimate of drug-likeness (QED) is 0.709. The first-order valence-corrected chi connectivity index (χ1v) is 9.23. The number of hydrogen-bond acceptors (Lipinski definition) is 4. The Morgan fingerprint density at radius 3 is 2.37 bits per heavy atom. The number of nitrogens with zero attached hydrogens (tertiary/aromatic N) is 3. The number of carbonyl (C=O) groups is 1. The Morgan fingerprint density at radius 2 is 1.74 bits per heavy atom. The van der Waals surface area contributed by atoms with Gasteiger partial charge in [-0.2, -0.15) is 0 Å². The number of aromatic nitrogens is 1. The standard InChI is InChI=1S/C22H23N3O2/c1-16-5-6-18(14-17(16)2)19-7-8-21(23-15-19)24-9-11-25(12-10-24)22(26)20-4-3-13-27-20/h3-8,13-15H,9-12H2,1-2H3. The zero-order chi connectivity index (χ0) is 18.8. The van der Waals surface area contributed by atoms with Crippen LogP contribution in [-0.4, -0.2) is 42.0 Å². The van der Waals surface area contributed by atoms with Gasteiger partial charge < -0.3 is 14.2 Å². The van der Waals surface area contributed by atoms with Crippen LogP contribution >= 0.6 is 0 Å². The van der Waals surface area contributed by atoms with Crippen LogP contribution in [0.4, 0.5) is 5.82 Å². The Bertz CT molecular complexity index is 925. The fraction of sp³-hybridized carbons (Fsp3) is 0.273. The molecule has 3 heterocycles. The third-order valence-corrected chi connectivity index (χ3v) is 5.21. The van der Waals surface area contributed by atoms with Crippen molar-refractivity contribution >= 4 is 11.7 Å². The summed E-state index contributed by atoms with van der Waals surface area (Å²) >= 11 is 0. The number of anilines is 1. The fourth-order valence-corrected chi connectivity index (χ4v) is 3.36. The molecule has 1 fully saturated rings. The first kappa shape index (κ1) is 17.3. The topological polar surface area (TPSA) is 49.6 Å². The molecule has 5 heteroatoms. The van der Waals surface area contributed by atoms with Crippen molar-refractivity contribution in [1.29, 1.82) is 0 Å². The minimum Gasteiger partial charge on any atom is -0.459 e. The second-order valence-electron chi connectivity index (χ2n) is 6.96. The Morgan fingerprint density at radius 1 is 0.963 bits per heavy atom. The summed E-state index contributed by atoms with van der Waals surface area (Å²) in [6, 6.07) is 14.1. The molecule has 0 bridgehead atoms. The van der Waals surface area contributed by atoms with Crippen LogP contribution in [0.5, 0.6) is 0 Å². The van der Waals surface area contributed by atoms with Crippen LogP contribution < -0.4 is 4.90 Å². The van der Waals surface area contributed by atoms with E-state index < -0.39 is 0 Å². The number of benzene rings is 1. The lowest BCUT2D eigenvalue weighted by atomic mass is 10.0. The first-order valence-electron chi connectivity index (χ1n) is 9.23. The van der Waals surface area contributed by atoms with E-state index in [-0.39, 0.29) is 5.91 Å². The maximum atomic E-state index is 12.4. The molecular weight excluding hydrogens is 338 g/mol. The van der Waals surface area contributed by atoms with Crippen LogP contribution in [0.25, 0.3) is 11.1 Å². The lowest BCUT2D eigenvalue weighted by Crippen LogP contribution is -2.49. The number of piperazine rings is 1. The molecule has 138 valence electrons. The molecule has 1 aliphatic heterocycles. The van der Waals surface area contributed by atoms with Gasteiger partial charge in [0, 0.05) is 37.9 Å². The van der Waals surface area contributed by atoms with Crippen molar-refractivity contribution in [2.75, 3.05) is 31.1 Å². The smallest absolute Gasteiger partial charge is 0.289 e. The number of rotatable bonds is 3. The van der Waals surface area contributed by atoms with Gasteiger partial charge in [0.1, 0.15) is 5.82 Å². The van der Waals surface area contributed by atoms with Crippen molar-refractivity contribution < 1.29 is 9.21 Å². The van der Waals surface area contributed by atoms with Crippen LogP contribution in [0.2, 0.25) is 0 Å². The average Bonchev–Trinajstić information content (AvgIpc) is 3.25. The van der Waals surface area contributed by atoms with Gasteiger partial charge in [-0.3, -0.25) is 4.79 Å². The highest BCUT2D eigenvalue weighted by molar-refractivity contribution is 5.91. The summed E-state index contributed by atoms with van der Waals surface area (Å²) in [7, 11) is 0. The molecule has 3 aromatic rings. The van der Waals surface area contributed by atoms with Gasteiger partial charge in [-0.1, -0.05) is 18.2 Å².